The second kappa shape index (κ2) is 7.12. The highest BCUT2D eigenvalue weighted by molar-refractivity contribution is 6.33. The van der Waals surface area contributed by atoms with E-state index in [2.05, 4.69) is 15.0 Å². The van der Waals surface area contributed by atoms with Gasteiger partial charge in [0.1, 0.15) is 11.8 Å². The minimum Gasteiger partial charge on any atom is -0.505 e. The van der Waals surface area contributed by atoms with E-state index < -0.39 is 0 Å². The maximum atomic E-state index is 10.6. The van der Waals surface area contributed by atoms with E-state index in [9.17, 15) is 10.4 Å². The van der Waals surface area contributed by atoms with Crippen molar-refractivity contribution in [3.05, 3.63) is 71.1 Å². The molecule has 1 N–H and O–H groups in total. The largest absolute Gasteiger partial charge is 0.505 e. The van der Waals surface area contributed by atoms with E-state index >= 15 is 0 Å². The van der Waals surface area contributed by atoms with Crippen molar-refractivity contribution in [3.63, 3.8) is 0 Å². The summed E-state index contributed by atoms with van der Waals surface area (Å²) >= 11 is 6.10. The lowest BCUT2D eigenvalue weighted by atomic mass is 10.1. The van der Waals surface area contributed by atoms with Crippen LogP contribution in [0.15, 0.2) is 59.9 Å². The molecule has 3 rings (SSSR count). The number of pyridine rings is 2. The molecular formula is C19H13ClN4O. The summed E-state index contributed by atoms with van der Waals surface area (Å²) in [5, 5.41) is 20.6. The van der Waals surface area contributed by atoms with Crippen molar-refractivity contribution >= 4 is 23.0 Å². The fourth-order valence-corrected chi connectivity index (χ4v) is 2.54. The van der Waals surface area contributed by atoms with Crippen LogP contribution in [0.4, 0.5) is 5.69 Å². The molecule has 0 fully saturated rings. The first kappa shape index (κ1) is 16.6. The molecule has 6 heteroatoms. The van der Waals surface area contributed by atoms with Crippen molar-refractivity contribution in [3.8, 4) is 23.1 Å². The summed E-state index contributed by atoms with van der Waals surface area (Å²) in [6, 6.07) is 14.1. The first-order valence-corrected chi connectivity index (χ1v) is 7.82. The van der Waals surface area contributed by atoms with Crippen LogP contribution < -0.4 is 0 Å². The number of aliphatic imine (C=N–C) groups is 1. The predicted molar refractivity (Wildman–Crippen MR) is 97.1 cm³/mol. The Balaban J connectivity index is 2.13. The topological polar surface area (TPSA) is 82.2 Å². The zero-order valence-electron chi connectivity index (χ0n) is 13.3. The van der Waals surface area contributed by atoms with Crippen LogP contribution in [0, 0.1) is 18.3 Å². The number of aryl methyl sites for hydroxylation is 1. The fraction of sp³-hybridized carbons (Fsp3) is 0.0526. The van der Waals surface area contributed by atoms with Gasteiger partial charge in [0.2, 0.25) is 0 Å². The lowest BCUT2D eigenvalue weighted by molar-refractivity contribution is 0.474. The number of aromatic hydroxyl groups is 1. The molecule has 3 aromatic rings. The molecule has 0 aliphatic rings. The number of aromatic nitrogens is 2. The number of nitrogens with zero attached hydrogens (tertiary/aromatic N) is 4. The van der Waals surface area contributed by atoms with E-state index in [1.807, 2.05) is 19.1 Å². The minimum absolute atomic E-state index is 0.0556. The molecule has 0 saturated heterocycles. The lowest BCUT2D eigenvalue weighted by Gasteiger charge is -2.08. The summed E-state index contributed by atoms with van der Waals surface area (Å²) < 4.78 is 0. The van der Waals surface area contributed by atoms with Gasteiger partial charge >= 0.3 is 0 Å². The van der Waals surface area contributed by atoms with Gasteiger partial charge in [0.05, 0.1) is 16.3 Å². The molecule has 0 spiro atoms. The molecule has 0 aliphatic heterocycles. The Morgan fingerprint density at radius 1 is 1.16 bits per heavy atom. The number of hydrogen-bond acceptors (Lipinski definition) is 5. The molecule has 0 atom stereocenters. The molecule has 25 heavy (non-hydrogen) atoms. The van der Waals surface area contributed by atoms with Crippen molar-refractivity contribution in [2.75, 3.05) is 0 Å². The quantitative estimate of drug-likeness (QED) is 0.708. The van der Waals surface area contributed by atoms with Crippen molar-refractivity contribution in [2.24, 2.45) is 4.99 Å². The summed E-state index contributed by atoms with van der Waals surface area (Å²) in [5.41, 5.74) is 2.68. The molecule has 5 nitrogen and oxygen atoms in total. The van der Waals surface area contributed by atoms with Crippen LogP contribution in [-0.4, -0.2) is 20.8 Å². The predicted octanol–water partition coefficient (Wildman–Crippen LogP) is 4.46. The smallest absolute Gasteiger partial charge is 0.152 e. The normalized spacial score (nSPS) is 11.2. The van der Waals surface area contributed by atoms with Gasteiger partial charge in [-0.2, -0.15) is 5.26 Å². The number of rotatable bonds is 3. The van der Waals surface area contributed by atoms with Crippen molar-refractivity contribution in [2.45, 2.75) is 6.92 Å². The highest BCUT2D eigenvalue weighted by Gasteiger charge is 2.16. The average Bonchev–Trinajstić information content (AvgIpc) is 2.62. The Hall–Kier alpha value is -3.23. The molecule has 122 valence electrons. The molecule has 0 saturated carbocycles. The first-order chi connectivity index (χ1) is 12.1. The Bertz CT molecular complexity index is 1010. The monoisotopic (exact) mass is 348 g/mol. The van der Waals surface area contributed by atoms with Crippen LogP contribution in [0.3, 0.4) is 0 Å². The highest BCUT2D eigenvalue weighted by Crippen LogP contribution is 2.32. The fourth-order valence-electron chi connectivity index (χ4n) is 2.36. The van der Waals surface area contributed by atoms with Gasteiger partial charge in [-0.1, -0.05) is 23.7 Å². The second-order valence-corrected chi connectivity index (χ2v) is 5.67. The summed E-state index contributed by atoms with van der Waals surface area (Å²) in [5.74, 6) is -0.111. The second-order valence-electron chi connectivity index (χ2n) is 5.27. The zero-order valence-corrected chi connectivity index (χ0v) is 14.1. The molecule has 0 radical (unpaired) electrons. The van der Waals surface area contributed by atoms with Gasteiger partial charge in [0, 0.05) is 23.7 Å². The third kappa shape index (κ3) is 3.49. The molecule has 2 aromatic heterocycles. The maximum absolute atomic E-state index is 10.6. The van der Waals surface area contributed by atoms with E-state index in [0.29, 0.717) is 27.5 Å². The van der Waals surface area contributed by atoms with Gasteiger partial charge in [-0.25, -0.2) is 4.99 Å². The molecule has 2 heterocycles. The van der Waals surface area contributed by atoms with Crippen molar-refractivity contribution < 1.29 is 5.11 Å². The minimum atomic E-state index is -0.111. The Kier molecular flexibility index (Phi) is 4.73. The molecule has 0 unspecified atom stereocenters. The van der Waals surface area contributed by atoms with Gasteiger partial charge in [0.25, 0.3) is 0 Å². The van der Waals surface area contributed by atoms with Crippen molar-refractivity contribution in [1.82, 2.24) is 9.97 Å². The zero-order chi connectivity index (χ0) is 17.8. The van der Waals surface area contributed by atoms with E-state index in [0.717, 1.165) is 5.69 Å². The third-order valence-electron chi connectivity index (χ3n) is 3.54. The van der Waals surface area contributed by atoms with Crippen LogP contribution in [0.1, 0.15) is 11.3 Å². The van der Waals surface area contributed by atoms with Crippen LogP contribution in [0.2, 0.25) is 5.02 Å². The van der Waals surface area contributed by atoms with Gasteiger partial charge < -0.3 is 5.11 Å². The summed E-state index contributed by atoms with van der Waals surface area (Å²) in [6.07, 6.45) is 3.17. The molecule has 0 aliphatic carbocycles. The number of benzene rings is 1. The number of nitriles is 1. The van der Waals surface area contributed by atoms with Gasteiger partial charge in [-0.3, -0.25) is 9.97 Å². The van der Waals surface area contributed by atoms with Crippen LogP contribution in [-0.2, 0) is 0 Å². The molecular weight excluding hydrogens is 336 g/mol. The summed E-state index contributed by atoms with van der Waals surface area (Å²) in [4.78, 5) is 12.6. The first-order valence-electron chi connectivity index (χ1n) is 7.45. The van der Waals surface area contributed by atoms with Gasteiger partial charge in [-0.05, 0) is 37.3 Å². The van der Waals surface area contributed by atoms with E-state index in [4.69, 9.17) is 11.6 Å². The van der Waals surface area contributed by atoms with Crippen LogP contribution in [0.25, 0.3) is 11.3 Å². The number of para-hydroxylation sites is 1. The number of hydrogen-bond donors (Lipinski definition) is 1. The van der Waals surface area contributed by atoms with Gasteiger partial charge in [0.15, 0.2) is 11.5 Å². The average molecular weight is 349 g/mol. The highest BCUT2D eigenvalue weighted by atomic mass is 35.5. The van der Waals surface area contributed by atoms with Crippen LogP contribution >= 0.6 is 11.6 Å². The standard InChI is InChI=1S/C19H13ClN4O/c1-12-10-13(6-8-22-12)18-19(25)14(7-9-23-18)17(11-21)24-16-5-3-2-4-15(16)20/h2-10,25H,1H3/b24-17+. The Labute approximate surface area is 149 Å². The van der Waals surface area contributed by atoms with Crippen molar-refractivity contribution in [1.29, 1.82) is 5.26 Å². The Morgan fingerprint density at radius 3 is 2.64 bits per heavy atom. The van der Waals surface area contributed by atoms with E-state index in [1.54, 1.807) is 42.6 Å². The van der Waals surface area contributed by atoms with E-state index in [-0.39, 0.29) is 11.5 Å². The van der Waals surface area contributed by atoms with Crippen LogP contribution in [0.5, 0.6) is 5.75 Å². The van der Waals surface area contributed by atoms with E-state index in [1.165, 1.54) is 6.20 Å². The SMILES string of the molecule is Cc1cc(-c2nccc(/C(C#N)=N/c3ccccc3Cl)c2O)ccn1. The summed E-state index contributed by atoms with van der Waals surface area (Å²) in [6.45, 7) is 1.85. The Morgan fingerprint density at radius 2 is 1.92 bits per heavy atom. The molecule has 0 amide bonds. The lowest BCUT2D eigenvalue weighted by Crippen LogP contribution is -2.00. The third-order valence-corrected chi connectivity index (χ3v) is 3.86. The van der Waals surface area contributed by atoms with Gasteiger partial charge in [-0.15, -0.1) is 0 Å². The molecule has 1 aromatic carbocycles. The summed E-state index contributed by atoms with van der Waals surface area (Å²) in [7, 11) is 0. The molecule has 0 bridgehead atoms. The maximum Gasteiger partial charge on any atom is 0.152 e. The number of halogens is 1.